The number of anilines is 1. The number of aromatic nitrogens is 2. The van der Waals surface area contributed by atoms with Crippen LogP contribution in [0.1, 0.15) is 24.5 Å². The summed E-state index contributed by atoms with van der Waals surface area (Å²) in [5, 5.41) is 1.39. The molecule has 2 aromatic rings. The van der Waals surface area contributed by atoms with Gasteiger partial charge in [0.1, 0.15) is 0 Å². The fraction of sp³-hybridized carbons (Fsp3) is 0.273. The van der Waals surface area contributed by atoms with Crippen LogP contribution in [0, 0.1) is 0 Å². The summed E-state index contributed by atoms with van der Waals surface area (Å²) in [5.41, 5.74) is 8.34. The summed E-state index contributed by atoms with van der Waals surface area (Å²) in [5.74, 6) is 0.566. The molecular weight excluding hydrogens is 210 g/mol. The lowest BCUT2D eigenvalue weighted by atomic mass is 10.1. The lowest BCUT2D eigenvalue weighted by molar-refractivity contribution is 1.02. The van der Waals surface area contributed by atoms with Gasteiger partial charge in [0, 0.05) is 17.0 Å². The Balaban J connectivity index is 2.33. The van der Waals surface area contributed by atoms with E-state index in [1.165, 1.54) is 12.8 Å². The molecule has 1 aliphatic carbocycles. The maximum atomic E-state index is 5.88. The molecule has 1 aromatic heterocycles. The largest absolute Gasteiger partial charge is 0.399 e. The van der Waals surface area contributed by atoms with Gasteiger partial charge in [0.05, 0.1) is 11.2 Å². The van der Waals surface area contributed by atoms with Crippen molar-refractivity contribution in [3.63, 3.8) is 0 Å². The molecule has 4 heteroatoms. The molecule has 0 amide bonds. The number of fused-ring (bicyclic) bond motifs is 1. The third-order valence-electron chi connectivity index (χ3n) is 2.69. The van der Waals surface area contributed by atoms with Gasteiger partial charge in [-0.1, -0.05) is 0 Å². The fourth-order valence-corrected chi connectivity index (χ4v) is 1.99. The van der Waals surface area contributed by atoms with E-state index in [4.69, 9.17) is 17.3 Å². The van der Waals surface area contributed by atoms with E-state index >= 15 is 0 Å². The molecule has 0 aliphatic heterocycles. The van der Waals surface area contributed by atoms with Crippen LogP contribution in [0.25, 0.3) is 10.9 Å². The Labute approximate surface area is 92.3 Å². The monoisotopic (exact) mass is 219 g/mol. The quantitative estimate of drug-likeness (QED) is 0.593. The van der Waals surface area contributed by atoms with Crippen LogP contribution < -0.4 is 5.73 Å². The molecule has 0 saturated heterocycles. The summed E-state index contributed by atoms with van der Waals surface area (Å²) >= 11 is 5.88. The van der Waals surface area contributed by atoms with Crippen LogP contribution in [-0.2, 0) is 0 Å². The fourth-order valence-electron chi connectivity index (χ4n) is 1.81. The second-order valence-corrected chi connectivity index (χ2v) is 4.27. The molecule has 1 aliphatic rings. The SMILES string of the molecule is Nc1ccc2c(C3CC3)nc(Cl)nc2c1. The molecule has 0 atom stereocenters. The van der Waals surface area contributed by atoms with Crippen molar-refractivity contribution in [2.75, 3.05) is 5.73 Å². The first kappa shape index (κ1) is 8.92. The highest BCUT2D eigenvalue weighted by Gasteiger charge is 2.27. The molecule has 1 fully saturated rings. The number of nitrogens with two attached hydrogens (primary N) is 1. The minimum atomic E-state index is 0.315. The zero-order valence-electron chi connectivity index (χ0n) is 8.07. The van der Waals surface area contributed by atoms with E-state index < -0.39 is 0 Å². The summed E-state index contributed by atoms with van der Waals surface area (Å²) in [6, 6.07) is 5.70. The zero-order chi connectivity index (χ0) is 10.4. The van der Waals surface area contributed by atoms with Crippen molar-refractivity contribution in [2.45, 2.75) is 18.8 Å². The van der Waals surface area contributed by atoms with Crippen molar-refractivity contribution >= 4 is 28.2 Å². The van der Waals surface area contributed by atoms with Crippen LogP contribution in [0.5, 0.6) is 0 Å². The van der Waals surface area contributed by atoms with Gasteiger partial charge in [0.25, 0.3) is 0 Å². The Kier molecular flexibility index (Phi) is 1.83. The summed E-state index contributed by atoms with van der Waals surface area (Å²) < 4.78 is 0. The molecule has 0 spiro atoms. The standard InChI is InChI=1S/C11H10ClN3/c12-11-14-9-5-7(13)3-4-8(9)10(15-11)6-1-2-6/h3-6H,1-2,13H2. The van der Waals surface area contributed by atoms with Gasteiger partial charge in [-0.15, -0.1) is 0 Å². The summed E-state index contributed by atoms with van der Waals surface area (Å²) in [4.78, 5) is 8.49. The third-order valence-corrected chi connectivity index (χ3v) is 2.86. The Morgan fingerprint density at radius 1 is 1.27 bits per heavy atom. The minimum Gasteiger partial charge on any atom is -0.399 e. The van der Waals surface area contributed by atoms with E-state index in [1.54, 1.807) is 0 Å². The number of nitrogen functional groups attached to an aromatic ring is 1. The van der Waals surface area contributed by atoms with E-state index in [-0.39, 0.29) is 0 Å². The van der Waals surface area contributed by atoms with Crippen LogP contribution in [0.3, 0.4) is 0 Å². The van der Waals surface area contributed by atoms with Gasteiger partial charge in [-0.3, -0.25) is 0 Å². The summed E-state index contributed by atoms with van der Waals surface area (Å²) in [7, 11) is 0. The zero-order valence-corrected chi connectivity index (χ0v) is 8.83. The van der Waals surface area contributed by atoms with E-state index in [2.05, 4.69) is 9.97 Å². The Bertz CT molecular complexity index is 529. The van der Waals surface area contributed by atoms with Gasteiger partial charge in [-0.05, 0) is 42.6 Å². The maximum Gasteiger partial charge on any atom is 0.223 e. The third kappa shape index (κ3) is 1.53. The van der Waals surface area contributed by atoms with Crippen LogP contribution >= 0.6 is 11.6 Å². The van der Waals surface area contributed by atoms with E-state index in [0.717, 1.165) is 16.6 Å². The van der Waals surface area contributed by atoms with Crippen molar-refractivity contribution in [2.24, 2.45) is 0 Å². The second-order valence-electron chi connectivity index (χ2n) is 3.93. The van der Waals surface area contributed by atoms with Gasteiger partial charge in [0.15, 0.2) is 0 Å². The highest BCUT2D eigenvalue weighted by Crippen LogP contribution is 2.42. The molecule has 1 heterocycles. The number of nitrogens with zero attached hydrogens (tertiary/aromatic N) is 2. The Morgan fingerprint density at radius 3 is 2.80 bits per heavy atom. The molecular formula is C11H10ClN3. The topological polar surface area (TPSA) is 51.8 Å². The van der Waals surface area contributed by atoms with Gasteiger partial charge >= 0.3 is 0 Å². The second kappa shape index (κ2) is 3.07. The van der Waals surface area contributed by atoms with Crippen molar-refractivity contribution < 1.29 is 0 Å². The Hall–Kier alpha value is -1.35. The number of rotatable bonds is 1. The van der Waals surface area contributed by atoms with Crippen LogP contribution in [0.15, 0.2) is 18.2 Å². The van der Waals surface area contributed by atoms with Gasteiger partial charge in [-0.2, -0.15) is 0 Å². The molecule has 15 heavy (non-hydrogen) atoms. The van der Waals surface area contributed by atoms with Crippen LogP contribution in [0.2, 0.25) is 5.28 Å². The van der Waals surface area contributed by atoms with Crippen LogP contribution in [-0.4, -0.2) is 9.97 Å². The summed E-state index contributed by atoms with van der Waals surface area (Å²) in [6.45, 7) is 0. The molecule has 1 saturated carbocycles. The maximum absolute atomic E-state index is 5.88. The number of hydrogen-bond donors (Lipinski definition) is 1. The highest BCUT2D eigenvalue weighted by atomic mass is 35.5. The van der Waals surface area contributed by atoms with Gasteiger partial charge in [-0.25, -0.2) is 9.97 Å². The smallest absolute Gasteiger partial charge is 0.223 e. The predicted octanol–water partition coefficient (Wildman–Crippen LogP) is 2.74. The van der Waals surface area contributed by atoms with Gasteiger partial charge < -0.3 is 5.73 Å². The van der Waals surface area contributed by atoms with Gasteiger partial charge in [0.2, 0.25) is 5.28 Å². The Morgan fingerprint density at radius 2 is 2.07 bits per heavy atom. The molecule has 3 rings (SSSR count). The van der Waals surface area contributed by atoms with Crippen molar-refractivity contribution in [3.05, 3.63) is 29.2 Å². The first-order valence-corrected chi connectivity index (χ1v) is 5.34. The van der Waals surface area contributed by atoms with Crippen LogP contribution in [0.4, 0.5) is 5.69 Å². The first-order chi connectivity index (χ1) is 7.24. The number of benzene rings is 1. The highest BCUT2D eigenvalue weighted by molar-refractivity contribution is 6.28. The lowest BCUT2D eigenvalue weighted by Gasteiger charge is -2.05. The average Bonchev–Trinajstić information content (AvgIpc) is 2.98. The molecule has 1 aromatic carbocycles. The molecule has 76 valence electrons. The van der Waals surface area contributed by atoms with Crippen molar-refractivity contribution in [1.29, 1.82) is 0 Å². The molecule has 0 unspecified atom stereocenters. The molecule has 2 N–H and O–H groups in total. The predicted molar refractivity (Wildman–Crippen MR) is 60.9 cm³/mol. The molecule has 3 nitrogen and oxygen atoms in total. The summed E-state index contributed by atoms with van der Waals surface area (Å²) in [6.07, 6.45) is 2.40. The van der Waals surface area contributed by atoms with Crippen molar-refractivity contribution in [1.82, 2.24) is 9.97 Å². The minimum absolute atomic E-state index is 0.315. The van der Waals surface area contributed by atoms with E-state index in [9.17, 15) is 0 Å². The number of hydrogen-bond acceptors (Lipinski definition) is 3. The average molecular weight is 220 g/mol. The van der Waals surface area contributed by atoms with E-state index in [0.29, 0.717) is 16.9 Å². The molecule has 0 bridgehead atoms. The lowest BCUT2D eigenvalue weighted by Crippen LogP contribution is -1.94. The molecule has 0 radical (unpaired) electrons. The first-order valence-electron chi connectivity index (χ1n) is 4.97. The van der Waals surface area contributed by atoms with Crippen molar-refractivity contribution in [3.8, 4) is 0 Å². The number of halogens is 1. The normalized spacial score (nSPS) is 15.8. The van der Waals surface area contributed by atoms with E-state index in [1.807, 2.05) is 18.2 Å².